The van der Waals surface area contributed by atoms with Crippen molar-refractivity contribution in [2.45, 2.75) is 32.7 Å². The van der Waals surface area contributed by atoms with Crippen molar-refractivity contribution in [2.75, 3.05) is 11.5 Å². The van der Waals surface area contributed by atoms with Gasteiger partial charge in [-0.1, -0.05) is 6.92 Å². The van der Waals surface area contributed by atoms with Crippen LogP contribution in [0.1, 0.15) is 26.7 Å². The minimum Gasteiger partial charge on any atom is -0.481 e. The Labute approximate surface area is 95.0 Å². The third-order valence-electron chi connectivity index (χ3n) is 1.75. The molecule has 0 aliphatic carbocycles. The molecular weight excluding hydrogens is 234 g/mol. The zero-order valence-corrected chi connectivity index (χ0v) is 10.2. The Bertz CT molecular complexity index is 349. The molecule has 2 N–H and O–H groups in total. The lowest BCUT2D eigenvalue weighted by atomic mass is 10.2. The van der Waals surface area contributed by atoms with Crippen molar-refractivity contribution in [1.29, 1.82) is 0 Å². The Morgan fingerprint density at radius 3 is 2.38 bits per heavy atom. The standard InChI is InChI=1S/C9H17NO5S/c1-3-4-16(14,15)6-8(11)10-7(2)5-9(12)13/h7H,3-6H2,1-2H3,(H,10,11)(H,12,13). The number of sulfone groups is 1. The second-order valence-corrected chi connectivity index (χ2v) is 5.84. The van der Waals surface area contributed by atoms with Crippen molar-refractivity contribution in [3.05, 3.63) is 0 Å². The highest BCUT2D eigenvalue weighted by Crippen LogP contribution is 1.95. The molecule has 1 unspecified atom stereocenters. The van der Waals surface area contributed by atoms with E-state index < -0.39 is 33.5 Å². The summed E-state index contributed by atoms with van der Waals surface area (Å²) in [4.78, 5) is 21.6. The summed E-state index contributed by atoms with van der Waals surface area (Å²) in [7, 11) is -3.36. The first-order valence-corrected chi connectivity index (χ1v) is 6.80. The van der Waals surface area contributed by atoms with E-state index in [9.17, 15) is 18.0 Å². The van der Waals surface area contributed by atoms with Crippen LogP contribution in [0.5, 0.6) is 0 Å². The lowest BCUT2D eigenvalue weighted by molar-refractivity contribution is -0.137. The average molecular weight is 251 g/mol. The second kappa shape index (κ2) is 6.47. The van der Waals surface area contributed by atoms with E-state index in [1.165, 1.54) is 6.92 Å². The maximum absolute atomic E-state index is 11.3. The molecule has 0 fully saturated rings. The van der Waals surface area contributed by atoms with Gasteiger partial charge >= 0.3 is 5.97 Å². The number of carboxylic acid groups (broad SMARTS) is 1. The van der Waals surface area contributed by atoms with Crippen LogP contribution in [0.2, 0.25) is 0 Å². The molecule has 7 heteroatoms. The number of carboxylic acids is 1. The summed E-state index contributed by atoms with van der Waals surface area (Å²) in [6, 6.07) is -0.568. The monoisotopic (exact) mass is 251 g/mol. The molecule has 0 saturated heterocycles. The molecule has 6 nitrogen and oxygen atoms in total. The van der Waals surface area contributed by atoms with Crippen molar-refractivity contribution in [3.8, 4) is 0 Å². The fourth-order valence-corrected chi connectivity index (χ4v) is 2.46. The summed E-state index contributed by atoms with van der Waals surface area (Å²) in [6.07, 6.45) is 0.236. The van der Waals surface area contributed by atoms with Gasteiger partial charge in [0.05, 0.1) is 12.2 Å². The number of hydrogen-bond donors (Lipinski definition) is 2. The van der Waals surface area contributed by atoms with Crippen LogP contribution >= 0.6 is 0 Å². The van der Waals surface area contributed by atoms with Gasteiger partial charge in [0.15, 0.2) is 9.84 Å². The van der Waals surface area contributed by atoms with E-state index in [0.717, 1.165) is 0 Å². The zero-order chi connectivity index (χ0) is 12.8. The van der Waals surface area contributed by atoms with E-state index in [0.29, 0.717) is 6.42 Å². The summed E-state index contributed by atoms with van der Waals surface area (Å²) in [5.41, 5.74) is 0. The summed E-state index contributed by atoms with van der Waals surface area (Å²) in [5.74, 6) is -2.30. The molecule has 1 amide bonds. The van der Waals surface area contributed by atoms with Gasteiger partial charge in [-0.25, -0.2) is 8.42 Å². The molecule has 0 aromatic heterocycles. The van der Waals surface area contributed by atoms with Crippen LogP contribution in [0.25, 0.3) is 0 Å². The molecule has 0 radical (unpaired) electrons. The van der Waals surface area contributed by atoms with Crippen molar-refractivity contribution in [1.82, 2.24) is 5.32 Å². The van der Waals surface area contributed by atoms with Crippen LogP contribution in [0, 0.1) is 0 Å². The third kappa shape index (κ3) is 7.22. The lowest BCUT2D eigenvalue weighted by Crippen LogP contribution is -2.38. The molecule has 94 valence electrons. The van der Waals surface area contributed by atoms with Crippen molar-refractivity contribution in [3.63, 3.8) is 0 Å². The van der Waals surface area contributed by atoms with Gasteiger partial charge in [0, 0.05) is 6.04 Å². The van der Waals surface area contributed by atoms with Gasteiger partial charge in [-0.2, -0.15) is 0 Å². The number of amides is 1. The van der Waals surface area contributed by atoms with Gasteiger partial charge in [-0.3, -0.25) is 9.59 Å². The molecule has 0 rings (SSSR count). The summed E-state index contributed by atoms with van der Waals surface area (Å²) < 4.78 is 22.5. The highest BCUT2D eigenvalue weighted by atomic mass is 32.2. The smallest absolute Gasteiger partial charge is 0.305 e. The zero-order valence-electron chi connectivity index (χ0n) is 9.39. The van der Waals surface area contributed by atoms with E-state index >= 15 is 0 Å². The third-order valence-corrected chi connectivity index (χ3v) is 3.49. The molecule has 16 heavy (non-hydrogen) atoms. The van der Waals surface area contributed by atoms with Gasteiger partial charge in [0.1, 0.15) is 5.75 Å². The van der Waals surface area contributed by atoms with Crippen molar-refractivity contribution >= 4 is 21.7 Å². The van der Waals surface area contributed by atoms with Gasteiger partial charge in [-0.15, -0.1) is 0 Å². The number of rotatable bonds is 7. The number of aliphatic carboxylic acids is 1. The molecule has 0 aliphatic rings. The molecule has 0 aromatic rings. The maximum atomic E-state index is 11.3. The second-order valence-electron chi connectivity index (χ2n) is 3.66. The summed E-state index contributed by atoms with van der Waals surface area (Å²) >= 11 is 0. The maximum Gasteiger partial charge on any atom is 0.305 e. The first-order valence-electron chi connectivity index (χ1n) is 4.98. The average Bonchev–Trinajstić information content (AvgIpc) is 1.98. The first-order chi connectivity index (χ1) is 7.26. The van der Waals surface area contributed by atoms with E-state index in [-0.39, 0.29) is 12.2 Å². The fourth-order valence-electron chi connectivity index (χ4n) is 1.21. The van der Waals surface area contributed by atoms with Gasteiger partial charge in [0.25, 0.3) is 0 Å². The van der Waals surface area contributed by atoms with Crippen molar-refractivity contribution in [2.24, 2.45) is 0 Å². The van der Waals surface area contributed by atoms with E-state index in [4.69, 9.17) is 5.11 Å². The van der Waals surface area contributed by atoms with Crippen molar-refractivity contribution < 1.29 is 23.1 Å². The quantitative estimate of drug-likeness (QED) is 0.652. The highest BCUT2D eigenvalue weighted by molar-refractivity contribution is 7.92. The number of carbonyl (C=O) groups excluding carboxylic acids is 1. The lowest BCUT2D eigenvalue weighted by Gasteiger charge is -2.11. The van der Waals surface area contributed by atoms with E-state index in [1.54, 1.807) is 6.92 Å². The first kappa shape index (κ1) is 14.9. The normalized spacial score (nSPS) is 13.1. The van der Waals surface area contributed by atoms with Gasteiger partial charge in [0.2, 0.25) is 5.91 Å². The van der Waals surface area contributed by atoms with Crippen LogP contribution in [-0.4, -0.2) is 42.9 Å². The molecular formula is C9H17NO5S. The Kier molecular flexibility index (Phi) is 6.02. The van der Waals surface area contributed by atoms with Crippen LogP contribution in [0.15, 0.2) is 0 Å². The number of nitrogens with one attached hydrogen (secondary N) is 1. The molecule has 0 aromatic carbocycles. The molecule has 0 bridgehead atoms. The Morgan fingerprint density at radius 1 is 1.38 bits per heavy atom. The van der Waals surface area contributed by atoms with Crippen LogP contribution in [0.4, 0.5) is 0 Å². The number of carbonyl (C=O) groups is 2. The molecule has 0 spiro atoms. The fraction of sp³-hybridized carbons (Fsp3) is 0.778. The van der Waals surface area contributed by atoms with Gasteiger partial charge in [-0.05, 0) is 13.3 Å². The summed E-state index contributed by atoms with van der Waals surface area (Å²) in [5, 5.41) is 10.8. The predicted molar refractivity (Wildman–Crippen MR) is 58.8 cm³/mol. The Morgan fingerprint density at radius 2 is 1.94 bits per heavy atom. The molecule has 1 atom stereocenters. The molecule has 0 saturated carbocycles. The molecule has 0 aliphatic heterocycles. The van der Waals surface area contributed by atoms with Crippen LogP contribution < -0.4 is 5.32 Å². The topological polar surface area (TPSA) is 101 Å². The minimum absolute atomic E-state index is 0.0340. The number of hydrogen-bond acceptors (Lipinski definition) is 4. The van der Waals surface area contributed by atoms with Crippen LogP contribution in [-0.2, 0) is 19.4 Å². The largest absolute Gasteiger partial charge is 0.481 e. The summed E-state index contributed by atoms with van der Waals surface area (Å²) in [6.45, 7) is 3.22. The SMILES string of the molecule is CCCS(=O)(=O)CC(=O)NC(C)CC(=O)O. The van der Waals surface area contributed by atoms with Crippen LogP contribution in [0.3, 0.4) is 0 Å². The highest BCUT2D eigenvalue weighted by Gasteiger charge is 2.17. The van der Waals surface area contributed by atoms with Gasteiger partial charge < -0.3 is 10.4 Å². The Hall–Kier alpha value is -1.11. The predicted octanol–water partition coefficient (Wildman–Crippen LogP) is -0.209. The molecule has 0 heterocycles. The van der Waals surface area contributed by atoms with E-state index in [2.05, 4.69) is 5.32 Å². The van der Waals surface area contributed by atoms with E-state index in [1.807, 2.05) is 0 Å². The Balaban J connectivity index is 4.13. The minimum atomic E-state index is -3.36.